The summed E-state index contributed by atoms with van der Waals surface area (Å²) < 4.78 is 0. The molecular weight excluding hydrogens is 283 g/mol. The third kappa shape index (κ3) is 3.02. The van der Waals surface area contributed by atoms with Gasteiger partial charge in [-0.25, -0.2) is 0 Å². The fourth-order valence-corrected chi connectivity index (χ4v) is 2.64. The van der Waals surface area contributed by atoms with Crippen LogP contribution in [0.15, 0.2) is 18.2 Å². The van der Waals surface area contributed by atoms with Crippen molar-refractivity contribution in [2.45, 2.75) is 19.8 Å². The molecule has 1 saturated heterocycles. The standard InChI is InChI=1S/C14H14Cl2N2O/c1-14(9-17)4-6-18(7-5-14)13(19)11-3-2-10(15)8-12(11)16/h2-3,8H,4-7H2,1H3. The minimum absolute atomic E-state index is 0.0957. The van der Waals surface area contributed by atoms with Gasteiger partial charge in [0.25, 0.3) is 5.91 Å². The number of rotatable bonds is 1. The highest BCUT2D eigenvalue weighted by atomic mass is 35.5. The summed E-state index contributed by atoms with van der Waals surface area (Å²) >= 11 is 11.9. The van der Waals surface area contributed by atoms with Crippen molar-refractivity contribution in [1.29, 1.82) is 5.26 Å². The van der Waals surface area contributed by atoms with Gasteiger partial charge in [-0.3, -0.25) is 4.79 Å². The molecule has 1 aromatic rings. The van der Waals surface area contributed by atoms with Gasteiger partial charge in [0.05, 0.1) is 22.1 Å². The lowest BCUT2D eigenvalue weighted by atomic mass is 9.82. The van der Waals surface area contributed by atoms with E-state index >= 15 is 0 Å². The third-order valence-electron chi connectivity index (χ3n) is 3.59. The molecule has 100 valence electrons. The highest BCUT2D eigenvalue weighted by molar-refractivity contribution is 6.36. The van der Waals surface area contributed by atoms with Crippen molar-refractivity contribution < 1.29 is 4.79 Å². The molecule has 0 N–H and O–H groups in total. The number of hydrogen-bond acceptors (Lipinski definition) is 2. The summed E-state index contributed by atoms with van der Waals surface area (Å²) in [6, 6.07) is 7.19. The van der Waals surface area contributed by atoms with Crippen LogP contribution < -0.4 is 0 Å². The van der Waals surface area contributed by atoms with Gasteiger partial charge in [0.2, 0.25) is 0 Å². The summed E-state index contributed by atoms with van der Waals surface area (Å²) in [7, 11) is 0. The van der Waals surface area contributed by atoms with Crippen molar-refractivity contribution >= 4 is 29.1 Å². The van der Waals surface area contributed by atoms with Gasteiger partial charge in [0, 0.05) is 18.1 Å². The number of nitrogens with zero attached hydrogens (tertiary/aromatic N) is 2. The Morgan fingerprint density at radius 3 is 2.53 bits per heavy atom. The second-order valence-corrected chi connectivity index (χ2v) is 5.93. The van der Waals surface area contributed by atoms with Gasteiger partial charge in [0.15, 0.2) is 0 Å². The summed E-state index contributed by atoms with van der Waals surface area (Å²) in [4.78, 5) is 14.1. The number of halogens is 2. The Bertz CT molecular complexity index is 543. The maximum absolute atomic E-state index is 12.3. The smallest absolute Gasteiger partial charge is 0.255 e. The molecule has 0 spiro atoms. The van der Waals surface area contributed by atoms with Crippen LogP contribution in [0, 0.1) is 16.7 Å². The van der Waals surface area contributed by atoms with E-state index in [1.807, 2.05) is 6.92 Å². The Morgan fingerprint density at radius 2 is 2.00 bits per heavy atom. The maximum atomic E-state index is 12.3. The zero-order valence-electron chi connectivity index (χ0n) is 10.6. The lowest BCUT2D eigenvalue weighted by molar-refractivity contribution is 0.0662. The first-order valence-electron chi connectivity index (χ1n) is 6.11. The predicted octanol–water partition coefficient (Wildman–Crippen LogP) is 3.76. The molecule has 2 rings (SSSR count). The monoisotopic (exact) mass is 296 g/mol. The van der Waals surface area contributed by atoms with E-state index in [2.05, 4.69) is 6.07 Å². The van der Waals surface area contributed by atoms with Gasteiger partial charge in [-0.15, -0.1) is 0 Å². The van der Waals surface area contributed by atoms with Crippen molar-refractivity contribution in [3.05, 3.63) is 33.8 Å². The number of hydrogen-bond donors (Lipinski definition) is 0. The average Bonchev–Trinajstić information content (AvgIpc) is 2.39. The minimum Gasteiger partial charge on any atom is -0.338 e. The van der Waals surface area contributed by atoms with E-state index in [-0.39, 0.29) is 11.3 Å². The van der Waals surface area contributed by atoms with Crippen molar-refractivity contribution in [2.75, 3.05) is 13.1 Å². The summed E-state index contributed by atoms with van der Waals surface area (Å²) in [5, 5.41) is 9.96. The molecule has 1 amide bonds. The van der Waals surface area contributed by atoms with E-state index in [0.717, 1.165) is 0 Å². The Labute approximate surface area is 122 Å². The molecule has 5 heteroatoms. The number of carbonyl (C=O) groups excluding carboxylic acids is 1. The first-order chi connectivity index (χ1) is 8.95. The number of likely N-dealkylation sites (tertiary alicyclic amines) is 1. The normalized spacial score (nSPS) is 17.9. The molecular formula is C14H14Cl2N2O. The zero-order chi connectivity index (χ0) is 14.0. The molecule has 0 radical (unpaired) electrons. The summed E-state index contributed by atoms with van der Waals surface area (Å²) in [6.45, 7) is 3.10. The highest BCUT2D eigenvalue weighted by Crippen LogP contribution is 2.31. The van der Waals surface area contributed by atoms with Crippen molar-refractivity contribution in [3.63, 3.8) is 0 Å². The van der Waals surface area contributed by atoms with Crippen LogP contribution in [-0.2, 0) is 0 Å². The van der Waals surface area contributed by atoms with Crippen LogP contribution in [-0.4, -0.2) is 23.9 Å². The Kier molecular flexibility index (Phi) is 4.03. The molecule has 19 heavy (non-hydrogen) atoms. The van der Waals surface area contributed by atoms with Gasteiger partial charge >= 0.3 is 0 Å². The average molecular weight is 297 g/mol. The molecule has 0 bridgehead atoms. The fraction of sp³-hybridized carbons (Fsp3) is 0.429. The lowest BCUT2D eigenvalue weighted by Gasteiger charge is -2.35. The molecule has 1 fully saturated rings. The van der Waals surface area contributed by atoms with Crippen molar-refractivity contribution in [3.8, 4) is 6.07 Å². The Balaban J connectivity index is 2.12. The van der Waals surface area contributed by atoms with Crippen LogP contribution in [0.3, 0.4) is 0 Å². The van der Waals surface area contributed by atoms with Crippen LogP contribution in [0.4, 0.5) is 0 Å². The topological polar surface area (TPSA) is 44.1 Å². The van der Waals surface area contributed by atoms with Crippen LogP contribution in [0.5, 0.6) is 0 Å². The molecule has 0 aromatic heterocycles. The number of amides is 1. The molecule has 1 aliphatic rings. The second-order valence-electron chi connectivity index (χ2n) is 5.09. The minimum atomic E-state index is -0.319. The number of carbonyl (C=O) groups is 1. The largest absolute Gasteiger partial charge is 0.338 e. The van der Waals surface area contributed by atoms with E-state index in [1.165, 1.54) is 0 Å². The molecule has 1 heterocycles. The lowest BCUT2D eigenvalue weighted by Crippen LogP contribution is -2.41. The SMILES string of the molecule is CC1(C#N)CCN(C(=O)c2ccc(Cl)cc2Cl)CC1. The van der Waals surface area contributed by atoms with Gasteiger partial charge in [-0.1, -0.05) is 23.2 Å². The summed E-state index contributed by atoms with van der Waals surface area (Å²) in [5.74, 6) is -0.0957. The van der Waals surface area contributed by atoms with E-state index in [9.17, 15) is 4.79 Å². The molecule has 1 aromatic carbocycles. The predicted molar refractivity (Wildman–Crippen MR) is 75.3 cm³/mol. The number of benzene rings is 1. The number of nitriles is 1. The second kappa shape index (κ2) is 5.40. The van der Waals surface area contributed by atoms with Crippen LogP contribution in [0.2, 0.25) is 10.0 Å². The molecule has 0 saturated carbocycles. The zero-order valence-corrected chi connectivity index (χ0v) is 12.1. The highest BCUT2D eigenvalue weighted by Gasteiger charge is 2.32. The fourth-order valence-electron chi connectivity index (χ4n) is 2.15. The van der Waals surface area contributed by atoms with Crippen molar-refractivity contribution in [1.82, 2.24) is 4.90 Å². The molecule has 3 nitrogen and oxygen atoms in total. The summed E-state index contributed by atoms with van der Waals surface area (Å²) in [5.41, 5.74) is 0.146. The maximum Gasteiger partial charge on any atom is 0.255 e. The van der Waals surface area contributed by atoms with Gasteiger partial charge in [-0.05, 0) is 38.0 Å². The van der Waals surface area contributed by atoms with E-state index in [1.54, 1.807) is 23.1 Å². The molecule has 0 unspecified atom stereocenters. The van der Waals surface area contributed by atoms with E-state index in [0.29, 0.717) is 41.5 Å². The van der Waals surface area contributed by atoms with Crippen molar-refractivity contribution in [2.24, 2.45) is 5.41 Å². The quantitative estimate of drug-likeness (QED) is 0.792. The molecule has 1 aliphatic heterocycles. The molecule has 0 atom stereocenters. The van der Waals surface area contributed by atoms with Gasteiger partial charge in [0.1, 0.15) is 0 Å². The van der Waals surface area contributed by atoms with Crippen LogP contribution in [0.1, 0.15) is 30.1 Å². The van der Waals surface area contributed by atoms with Gasteiger partial charge < -0.3 is 4.90 Å². The number of piperidine rings is 1. The Hall–Kier alpha value is -1.24. The Morgan fingerprint density at radius 1 is 1.37 bits per heavy atom. The summed E-state index contributed by atoms with van der Waals surface area (Å²) in [6.07, 6.45) is 1.39. The first kappa shape index (κ1) is 14.2. The third-order valence-corrected chi connectivity index (χ3v) is 4.13. The van der Waals surface area contributed by atoms with Crippen LogP contribution >= 0.6 is 23.2 Å². The van der Waals surface area contributed by atoms with Gasteiger partial charge in [-0.2, -0.15) is 5.26 Å². The van der Waals surface area contributed by atoms with Crippen LogP contribution in [0.25, 0.3) is 0 Å². The van der Waals surface area contributed by atoms with E-state index < -0.39 is 0 Å². The first-order valence-corrected chi connectivity index (χ1v) is 6.86. The van der Waals surface area contributed by atoms with E-state index in [4.69, 9.17) is 28.5 Å². The molecule has 0 aliphatic carbocycles.